The molecular formula is C26H19IN2O5. The summed E-state index contributed by atoms with van der Waals surface area (Å²) >= 11 is 1.96. The molecule has 1 aliphatic carbocycles. The molecule has 0 saturated carbocycles. The van der Waals surface area contributed by atoms with E-state index in [1.165, 1.54) is 12.1 Å². The van der Waals surface area contributed by atoms with Gasteiger partial charge in [0.15, 0.2) is 0 Å². The number of aromatic carboxylic acids is 1. The molecule has 0 radical (unpaired) electrons. The molecule has 0 heterocycles. The second-order valence-electron chi connectivity index (χ2n) is 7.47. The van der Waals surface area contributed by atoms with Gasteiger partial charge in [0.1, 0.15) is 6.61 Å². The first-order chi connectivity index (χ1) is 16.4. The van der Waals surface area contributed by atoms with Crippen LogP contribution in [0.1, 0.15) is 27.4 Å². The molecule has 4 rings (SSSR count). The predicted octanol–water partition coefficient (Wildman–Crippen LogP) is 4.47. The Morgan fingerprint density at radius 3 is 2.26 bits per heavy atom. The van der Waals surface area contributed by atoms with Crippen molar-refractivity contribution in [3.8, 4) is 23.0 Å². The van der Waals surface area contributed by atoms with E-state index in [1.54, 1.807) is 6.07 Å². The van der Waals surface area contributed by atoms with Gasteiger partial charge in [-0.1, -0.05) is 54.5 Å². The number of carboxylic acid groups (broad SMARTS) is 1. The first-order valence-corrected chi connectivity index (χ1v) is 11.4. The number of hydrogen-bond acceptors (Lipinski definition) is 4. The lowest BCUT2D eigenvalue weighted by Crippen LogP contribution is -2.26. The minimum absolute atomic E-state index is 0.0422. The van der Waals surface area contributed by atoms with Gasteiger partial charge in [0, 0.05) is 15.2 Å². The number of halogens is 1. The minimum atomic E-state index is -1.09. The number of rotatable bonds is 5. The van der Waals surface area contributed by atoms with E-state index in [-0.39, 0.29) is 24.6 Å². The number of carbonyl (C=O) groups is 3. The van der Waals surface area contributed by atoms with Crippen LogP contribution >= 0.6 is 22.6 Å². The molecule has 3 aromatic rings. The van der Waals surface area contributed by atoms with Gasteiger partial charge in [0.25, 0.3) is 5.91 Å². The van der Waals surface area contributed by atoms with Gasteiger partial charge in [-0.25, -0.2) is 9.59 Å². The van der Waals surface area contributed by atoms with Gasteiger partial charge in [-0.3, -0.25) is 4.79 Å². The van der Waals surface area contributed by atoms with Gasteiger partial charge in [0.2, 0.25) is 0 Å². The highest BCUT2D eigenvalue weighted by Gasteiger charge is 2.28. The molecule has 0 aliphatic heterocycles. The average Bonchev–Trinajstić information content (AvgIpc) is 3.14. The highest BCUT2D eigenvalue weighted by Crippen LogP contribution is 2.44. The SMILES string of the molecule is O=C(C#CCNC(=O)OCC1c2ccccc2-c2ccccc21)Nc1cc(I)cc(C(=O)O)c1. The van der Waals surface area contributed by atoms with Crippen LogP contribution in [-0.2, 0) is 9.53 Å². The van der Waals surface area contributed by atoms with Crippen LogP contribution in [0.15, 0.2) is 66.7 Å². The monoisotopic (exact) mass is 566 g/mol. The summed E-state index contributed by atoms with van der Waals surface area (Å²) in [5, 5.41) is 14.1. The van der Waals surface area contributed by atoms with Gasteiger partial charge in [-0.2, -0.15) is 0 Å². The molecule has 0 bridgehead atoms. The summed E-state index contributed by atoms with van der Waals surface area (Å²) < 4.78 is 6.08. The first kappa shape index (κ1) is 23.3. The number of carboxylic acids is 1. The van der Waals surface area contributed by atoms with Crippen molar-refractivity contribution in [3.63, 3.8) is 0 Å². The van der Waals surface area contributed by atoms with Crippen molar-refractivity contribution in [2.24, 2.45) is 0 Å². The lowest BCUT2D eigenvalue weighted by Gasteiger charge is -2.14. The number of fused-ring (bicyclic) bond motifs is 3. The van der Waals surface area contributed by atoms with Gasteiger partial charge < -0.3 is 20.5 Å². The number of alkyl carbamates (subject to hydrolysis) is 1. The molecule has 0 saturated heterocycles. The molecule has 3 aromatic carbocycles. The second kappa shape index (κ2) is 10.4. The van der Waals surface area contributed by atoms with Crippen molar-refractivity contribution in [3.05, 3.63) is 87.0 Å². The van der Waals surface area contributed by atoms with E-state index in [0.29, 0.717) is 9.26 Å². The summed E-state index contributed by atoms with van der Waals surface area (Å²) in [4.78, 5) is 35.3. The maximum atomic E-state index is 12.1. The molecule has 0 unspecified atom stereocenters. The zero-order valence-electron chi connectivity index (χ0n) is 17.8. The van der Waals surface area contributed by atoms with E-state index in [9.17, 15) is 14.4 Å². The van der Waals surface area contributed by atoms with Gasteiger partial charge in [-0.15, -0.1) is 0 Å². The molecule has 8 heteroatoms. The number of ether oxygens (including phenoxy) is 1. The van der Waals surface area contributed by atoms with E-state index < -0.39 is 18.0 Å². The normalized spacial score (nSPS) is 11.4. The fraction of sp³-hybridized carbons (Fsp3) is 0.115. The third kappa shape index (κ3) is 5.38. The van der Waals surface area contributed by atoms with Crippen molar-refractivity contribution in [2.75, 3.05) is 18.5 Å². The largest absolute Gasteiger partial charge is 0.478 e. The number of anilines is 1. The number of benzene rings is 3. The Hall–Kier alpha value is -3.84. The summed E-state index contributed by atoms with van der Waals surface area (Å²) in [5.74, 6) is 3.16. The highest BCUT2D eigenvalue weighted by atomic mass is 127. The standard InChI is InChI=1S/C26H19IN2O5/c27-17-12-16(25(31)32)13-18(14-17)29-24(30)10-5-11-28-26(33)34-15-23-21-8-3-1-6-19(21)20-7-2-4-9-22(20)23/h1-4,6-9,12-14,23H,11,15H2,(H,28,33)(H,29,30)(H,31,32). The third-order valence-corrected chi connectivity index (χ3v) is 5.89. The molecule has 3 N–H and O–H groups in total. The summed E-state index contributed by atoms with van der Waals surface area (Å²) in [6.45, 7) is 0.114. The van der Waals surface area contributed by atoms with Crippen LogP contribution in [-0.4, -0.2) is 36.2 Å². The number of carbonyl (C=O) groups excluding carboxylic acids is 2. The first-order valence-electron chi connectivity index (χ1n) is 10.3. The summed E-state index contributed by atoms with van der Waals surface area (Å²) in [5.41, 5.74) is 4.92. The zero-order chi connectivity index (χ0) is 24.1. The Bertz CT molecular complexity index is 1300. The molecule has 7 nitrogen and oxygen atoms in total. The Labute approximate surface area is 209 Å². The quantitative estimate of drug-likeness (QED) is 0.313. The second-order valence-corrected chi connectivity index (χ2v) is 8.71. The molecule has 0 atom stereocenters. The third-order valence-electron chi connectivity index (χ3n) is 5.27. The molecule has 0 fully saturated rings. The fourth-order valence-corrected chi connectivity index (χ4v) is 4.51. The molecule has 34 heavy (non-hydrogen) atoms. The van der Waals surface area contributed by atoms with Crippen molar-refractivity contribution in [1.29, 1.82) is 0 Å². The van der Waals surface area contributed by atoms with Gasteiger partial charge in [0.05, 0.1) is 12.1 Å². The number of nitrogens with one attached hydrogen (secondary N) is 2. The molecule has 170 valence electrons. The Kier molecular flexibility index (Phi) is 7.13. The lowest BCUT2D eigenvalue weighted by atomic mass is 9.98. The smallest absolute Gasteiger partial charge is 0.407 e. The van der Waals surface area contributed by atoms with Crippen LogP contribution in [0, 0.1) is 15.4 Å². The molecule has 2 amide bonds. The Balaban J connectivity index is 1.28. The highest BCUT2D eigenvalue weighted by molar-refractivity contribution is 14.1. The molecule has 1 aliphatic rings. The van der Waals surface area contributed by atoms with Crippen LogP contribution in [0.25, 0.3) is 11.1 Å². The summed E-state index contributed by atoms with van der Waals surface area (Å²) in [6, 6.07) is 20.6. The summed E-state index contributed by atoms with van der Waals surface area (Å²) in [7, 11) is 0. The molecule has 0 aromatic heterocycles. The van der Waals surface area contributed by atoms with Crippen LogP contribution < -0.4 is 10.6 Å². The lowest BCUT2D eigenvalue weighted by molar-refractivity contribution is -0.111. The molecular weight excluding hydrogens is 547 g/mol. The topological polar surface area (TPSA) is 105 Å². The maximum absolute atomic E-state index is 12.1. The minimum Gasteiger partial charge on any atom is -0.478 e. The van der Waals surface area contributed by atoms with Crippen LogP contribution in [0.3, 0.4) is 0 Å². The van der Waals surface area contributed by atoms with E-state index in [4.69, 9.17) is 9.84 Å². The Morgan fingerprint density at radius 1 is 0.971 bits per heavy atom. The van der Waals surface area contributed by atoms with Crippen molar-refractivity contribution < 1.29 is 24.2 Å². The fourth-order valence-electron chi connectivity index (χ4n) is 3.84. The Morgan fingerprint density at radius 2 is 1.62 bits per heavy atom. The number of hydrogen-bond donors (Lipinski definition) is 3. The van der Waals surface area contributed by atoms with Crippen molar-refractivity contribution in [1.82, 2.24) is 5.32 Å². The molecule has 0 spiro atoms. The zero-order valence-corrected chi connectivity index (χ0v) is 20.0. The van der Waals surface area contributed by atoms with Gasteiger partial charge in [-0.05, 0) is 69.0 Å². The van der Waals surface area contributed by atoms with Crippen LogP contribution in [0.5, 0.6) is 0 Å². The predicted molar refractivity (Wildman–Crippen MR) is 136 cm³/mol. The number of amides is 2. The maximum Gasteiger partial charge on any atom is 0.407 e. The average molecular weight is 566 g/mol. The van der Waals surface area contributed by atoms with E-state index in [1.807, 2.05) is 59.0 Å². The van der Waals surface area contributed by atoms with Crippen molar-refractivity contribution in [2.45, 2.75) is 5.92 Å². The van der Waals surface area contributed by atoms with E-state index in [0.717, 1.165) is 22.3 Å². The summed E-state index contributed by atoms with van der Waals surface area (Å²) in [6.07, 6.45) is -0.625. The van der Waals surface area contributed by atoms with Crippen LogP contribution in [0.2, 0.25) is 0 Å². The van der Waals surface area contributed by atoms with E-state index >= 15 is 0 Å². The van der Waals surface area contributed by atoms with E-state index in [2.05, 4.69) is 34.6 Å². The van der Waals surface area contributed by atoms with Crippen LogP contribution in [0.4, 0.5) is 10.5 Å². The van der Waals surface area contributed by atoms with Crippen molar-refractivity contribution >= 4 is 46.2 Å². The van der Waals surface area contributed by atoms with Gasteiger partial charge >= 0.3 is 12.1 Å².